The molecule has 2 aromatic carbocycles. The topological polar surface area (TPSA) is 44.7 Å². The van der Waals surface area contributed by atoms with Gasteiger partial charge in [0.15, 0.2) is 0 Å². The largest absolute Gasteiger partial charge is 0.495 e. The molecule has 6 heteroatoms. The van der Waals surface area contributed by atoms with Crippen molar-refractivity contribution in [2.24, 2.45) is 0 Å². The molecule has 0 N–H and O–H groups in total. The summed E-state index contributed by atoms with van der Waals surface area (Å²) in [5, 5.41) is 1.20. The zero-order valence-corrected chi connectivity index (χ0v) is 18.8. The van der Waals surface area contributed by atoms with Gasteiger partial charge in [0.25, 0.3) is 0 Å². The molecule has 0 amide bonds. The third-order valence-corrected chi connectivity index (χ3v) is 7.10. The average molecular weight is 430 g/mol. The van der Waals surface area contributed by atoms with Crippen molar-refractivity contribution >= 4 is 28.1 Å². The van der Waals surface area contributed by atoms with Crippen LogP contribution < -0.4 is 19.4 Å². The van der Waals surface area contributed by atoms with E-state index in [4.69, 9.17) is 14.7 Å². The molecule has 3 aliphatic rings. The molecule has 3 fully saturated rings. The molecular weight excluding hydrogens is 398 g/mol. The Kier molecular flexibility index (Phi) is 5.01. The molecule has 6 nitrogen and oxygen atoms in total. The van der Waals surface area contributed by atoms with Crippen LogP contribution in [0, 0.1) is 0 Å². The molecule has 1 aliphatic carbocycles. The Hall–Kier alpha value is -3.02. The van der Waals surface area contributed by atoms with Gasteiger partial charge < -0.3 is 19.4 Å². The Morgan fingerprint density at radius 2 is 1.56 bits per heavy atom. The molecule has 0 atom stereocenters. The van der Waals surface area contributed by atoms with Crippen molar-refractivity contribution in [3.63, 3.8) is 0 Å². The highest BCUT2D eigenvalue weighted by atomic mass is 16.5. The van der Waals surface area contributed by atoms with Crippen LogP contribution in [0.1, 0.15) is 37.4 Å². The molecule has 0 bridgehead atoms. The minimum absolute atomic E-state index is 0.547. The maximum Gasteiger partial charge on any atom is 0.142 e. The summed E-state index contributed by atoms with van der Waals surface area (Å²) in [5.74, 6) is 3.65. The molecule has 1 aromatic heterocycles. The van der Waals surface area contributed by atoms with Gasteiger partial charge in [0, 0.05) is 56.3 Å². The standard InChI is InChI=1S/C26H31N5O/c1-32-24-7-3-2-6-23(24)30-14-16-31(17-15-30)26-21-18-20(29-12-4-5-13-29)10-11-22(21)27-25(28-26)19-8-9-19/h2-3,6-7,10-11,18-19H,4-5,8-9,12-17H2,1H3. The number of piperazine rings is 1. The number of hydrogen-bond donors (Lipinski definition) is 0. The number of anilines is 3. The van der Waals surface area contributed by atoms with Gasteiger partial charge >= 0.3 is 0 Å². The van der Waals surface area contributed by atoms with E-state index in [0.717, 1.165) is 62.2 Å². The predicted octanol–water partition coefficient (Wildman–Crippen LogP) is 4.44. The maximum absolute atomic E-state index is 5.60. The van der Waals surface area contributed by atoms with Crippen molar-refractivity contribution in [2.75, 3.05) is 61.1 Å². The summed E-state index contributed by atoms with van der Waals surface area (Å²) in [6, 6.07) is 15.1. The van der Waals surface area contributed by atoms with Crippen molar-refractivity contribution in [1.82, 2.24) is 9.97 Å². The van der Waals surface area contributed by atoms with Crippen molar-refractivity contribution in [3.05, 3.63) is 48.3 Å². The van der Waals surface area contributed by atoms with Crippen LogP contribution in [-0.2, 0) is 0 Å². The van der Waals surface area contributed by atoms with Crippen molar-refractivity contribution in [1.29, 1.82) is 0 Å². The average Bonchev–Trinajstić information content (AvgIpc) is 3.57. The summed E-state index contributed by atoms with van der Waals surface area (Å²) in [6.45, 7) is 6.11. The minimum atomic E-state index is 0.547. The van der Waals surface area contributed by atoms with Crippen molar-refractivity contribution in [3.8, 4) is 5.75 Å². The summed E-state index contributed by atoms with van der Waals surface area (Å²) in [4.78, 5) is 17.5. The molecule has 3 aromatic rings. The van der Waals surface area contributed by atoms with E-state index in [2.05, 4.69) is 45.0 Å². The lowest BCUT2D eigenvalue weighted by Crippen LogP contribution is -2.47. The Bertz CT molecular complexity index is 1110. The van der Waals surface area contributed by atoms with E-state index < -0.39 is 0 Å². The lowest BCUT2D eigenvalue weighted by Gasteiger charge is -2.37. The Morgan fingerprint density at radius 3 is 2.31 bits per heavy atom. The molecule has 6 rings (SSSR count). The van der Waals surface area contributed by atoms with Gasteiger partial charge in [-0.3, -0.25) is 0 Å². The van der Waals surface area contributed by atoms with E-state index in [-0.39, 0.29) is 0 Å². The highest BCUT2D eigenvalue weighted by Gasteiger charge is 2.29. The molecule has 2 saturated heterocycles. The second kappa shape index (κ2) is 8.15. The molecule has 3 heterocycles. The first-order valence-electron chi connectivity index (χ1n) is 12.0. The second-order valence-corrected chi connectivity index (χ2v) is 9.22. The van der Waals surface area contributed by atoms with Gasteiger partial charge in [-0.05, 0) is 56.0 Å². The molecule has 1 saturated carbocycles. The molecule has 32 heavy (non-hydrogen) atoms. The SMILES string of the molecule is COc1ccccc1N1CCN(c2nc(C3CC3)nc3ccc(N4CCCC4)cc23)CC1. The van der Waals surface area contributed by atoms with E-state index in [1.54, 1.807) is 7.11 Å². The van der Waals surface area contributed by atoms with Crippen LogP contribution in [0.5, 0.6) is 5.75 Å². The van der Waals surface area contributed by atoms with Gasteiger partial charge in [-0.25, -0.2) is 9.97 Å². The molecule has 0 unspecified atom stereocenters. The Balaban J connectivity index is 1.32. The lowest BCUT2D eigenvalue weighted by molar-refractivity contribution is 0.413. The third kappa shape index (κ3) is 3.61. The fourth-order valence-corrected chi connectivity index (χ4v) is 5.11. The highest BCUT2D eigenvalue weighted by Crippen LogP contribution is 2.41. The van der Waals surface area contributed by atoms with Gasteiger partial charge in [0.05, 0.1) is 18.3 Å². The number of methoxy groups -OCH3 is 1. The molecule has 0 radical (unpaired) electrons. The number of benzene rings is 2. The van der Waals surface area contributed by atoms with E-state index in [1.165, 1.54) is 42.4 Å². The first kappa shape index (κ1) is 19.6. The quantitative estimate of drug-likeness (QED) is 0.597. The number of nitrogens with zero attached hydrogens (tertiary/aromatic N) is 5. The number of rotatable bonds is 5. The Labute approximate surface area is 189 Å². The zero-order chi connectivity index (χ0) is 21.5. The molecule has 2 aliphatic heterocycles. The van der Waals surface area contributed by atoms with E-state index in [9.17, 15) is 0 Å². The fraction of sp³-hybridized carbons (Fsp3) is 0.462. The molecule has 0 spiro atoms. The van der Waals surface area contributed by atoms with Crippen LogP contribution in [0.4, 0.5) is 17.2 Å². The van der Waals surface area contributed by atoms with Crippen molar-refractivity contribution < 1.29 is 4.74 Å². The number of hydrogen-bond acceptors (Lipinski definition) is 6. The zero-order valence-electron chi connectivity index (χ0n) is 18.8. The monoisotopic (exact) mass is 429 g/mol. The fourth-order valence-electron chi connectivity index (χ4n) is 5.11. The van der Waals surface area contributed by atoms with Crippen LogP contribution in [-0.4, -0.2) is 56.3 Å². The Morgan fingerprint density at radius 1 is 0.812 bits per heavy atom. The first-order valence-corrected chi connectivity index (χ1v) is 12.0. The number of para-hydroxylation sites is 2. The van der Waals surface area contributed by atoms with Gasteiger partial charge in [0.1, 0.15) is 17.4 Å². The minimum Gasteiger partial charge on any atom is -0.495 e. The van der Waals surface area contributed by atoms with Gasteiger partial charge in [-0.15, -0.1) is 0 Å². The van der Waals surface area contributed by atoms with Gasteiger partial charge in [-0.1, -0.05) is 12.1 Å². The summed E-state index contributed by atoms with van der Waals surface area (Å²) in [7, 11) is 1.75. The van der Waals surface area contributed by atoms with E-state index in [0.29, 0.717) is 5.92 Å². The van der Waals surface area contributed by atoms with E-state index >= 15 is 0 Å². The molecular formula is C26H31N5O. The number of aromatic nitrogens is 2. The van der Waals surface area contributed by atoms with Crippen LogP contribution in [0.3, 0.4) is 0 Å². The molecule has 166 valence electrons. The first-order chi connectivity index (χ1) is 15.8. The van der Waals surface area contributed by atoms with Gasteiger partial charge in [0.2, 0.25) is 0 Å². The van der Waals surface area contributed by atoms with Crippen LogP contribution >= 0.6 is 0 Å². The van der Waals surface area contributed by atoms with Crippen LogP contribution in [0.25, 0.3) is 10.9 Å². The smallest absolute Gasteiger partial charge is 0.142 e. The maximum atomic E-state index is 5.60. The highest BCUT2D eigenvalue weighted by molar-refractivity contribution is 5.92. The normalized spacial score (nSPS) is 19.1. The van der Waals surface area contributed by atoms with Crippen LogP contribution in [0.2, 0.25) is 0 Å². The van der Waals surface area contributed by atoms with Gasteiger partial charge in [-0.2, -0.15) is 0 Å². The predicted molar refractivity (Wildman–Crippen MR) is 130 cm³/mol. The third-order valence-electron chi connectivity index (χ3n) is 7.10. The van der Waals surface area contributed by atoms with E-state index in [1.807, 2.05) is 12.1 Å². The number of ether oxygens (including phenoxy) is 1. The van der Waals surface area contributed by atoms with Crippen LogP contribution in [0.15, 0.2) is 42.5 Å². The summed E-state index contributed by atoms with van der Waals surface area (Å²) in [6.07, 6.45) is 5.01. The second-order valence-electron chi connectivity index (χ2n) is 9.22. The lowest BCUT2D eigenvalue weighted by atomic mass is 10.1. The summed E-state index contributed by atoms with van der Waals surface area (Å²) < 4.78 is 5.60. The number of fused-ring (bicyclic) bond motifs is 1. The van der Waals surface area contributed by atoms with Crippen molar-refractivity contribution in [2.45, 2.75) is 31.6 Å². The summed E-state index contributed by atoms with van der Waals surface area (Å²) in [5.41, 5.74) is 3.58. The summed E-state index contributed by atoms with van der Waals surface area (Å²) >= 11 is 0.